The van der Waals surface area contributed by atoms with Crippen molar-refractivity contribution in [1.82, 2.24) is 24.3 Å². The van der Waals surface area contributed by atoms with Crippen LogP contribution in [0.4, 0.5) is 5.69 Å². The van der Waals surface area contributed by atoms with Crippen molar-refractivity contribution in [1.29, 1.82) is 0 Å². The molecule has 0 aliphatic heterocycles. The Morgan fingerprint density at radius 3 is 2.69 bits per heavy atom. The van der Waals surface area contributed by atoms with Crippen LogP contribution >= 0.6 is 0 Å². The van der Waals surface area contributed by atoms with E-state index in [9.17, 15) is 9.59 Å². The number of rotatable bonds is 5. The van der Waals surface area contributed by atoms with Crippen LogP contribution < -0.4 is 10.9 Å². The fourth-order valence-corrected chi connectivity index (χ4v) is 4.26. The van der Waals surface area contributed by atoms with Crippen molar-refractivity contribution >= 4 is 28.1 Å². The second-order valence-electron chi connectivity index (χ2n) is 8.26. The average molecular weight is 460 g/mol. The molecule has 170 valence electrons. The first-order valence-corrected chi connectivity index (χ1v) is 11.1. The summed E-state index contributed by atoms with van der Waals surface area (Å²) in [7, 11) is 0. The molecular formula is C27H20N6O2. The standard InChI is InChI=1S/C27H20N6O2/c34-26(18-3-1-9-28-13-18)32-20-7-5-17(6-8-20)11-21-14-31-27(35)24-12-19(16-33(21)24)23-15-30-25-22(23)4-2-10-29-25/h1-10,12-16H,11H2,(H,29,30)(H,31,35)(H,32,34). The minimum atomic E-state index is -0.208. The molecule has 0 radical (unpaired) electrons. The number of pyridine rings is 2. The normalized spacial score (nSPS) is 11.2. The molecule has 8 heteroatoms. The third-order valence-corrected chi connectivity index (χ3v) is 6.01. The van der Waals surface area contributed by atoms with Crippen LogP contribution in [0.5, 0.6) is 0 Å². The molecule has 6 aromatic rings. The van der Waals surface area contributed by atoms with Crippen molar-refractivity contribution in [2.45, 2.75) is 6.42 Å². The molecule has 8 nitrogen and oxygen atoms in total. The van der Waals surface area contributed by atoms with Gasteiger partial charge < -0.3 is 19.7 Å². The zero-order chi connectivity index (χ0) is 23.8. The summed E-state index contributed by atoms with van der Waals surface area (Å²) in [6.07, 6.45) is 11.2. The second kappa shape index (κ2) is 8.42. The predicted molar refractivity (Wildman–Crippen MR) is 135 cm³/mol. The maximum absolute atomic E-state index is 12.6. The number of hydrogen-bond acceptors (Lipinski definition) is 4. The summed E-state index contributed by atoms with van der Waals surface area (Å²) in [5.41, 5.74) is 6.36. The van der Waals surface area contributed by atoms with E-state index in [-0.39, 0.29) is 11.5 Å². The van der Waals surface area contributed by atoms with Gasteiger partial charge in [-0.2, -0.15) is 0 Å². The number of hydrogen-bond donors (Lipinski definition) is 3. The number of aromatic nitrogens is 5. The number of H-pyrrole nitrogens is 2. The molecule has 0 saturated carbocycles. The van der Waals surface area contributed by atoms with Gasteiger partial charge in [-0.25, -0.2) is 4.98 Å². The summed E-state index contributed by atoms with van der Waals surface area (Å²) in [4.78, 5) is 39.3. The highest BCUT2D eigenvalue weighted by Crippen LogP contribution is 2.29. The SMILES string of the molecule is O=C(Nc1ccc(Cc2c[nH]c(=O)c3cc(-c4c[nH]c5ncccc45)cn23)cc1)c1cccnc1. The molecule has 5 aromatic heterocycles. The molecule has 0 unspecified atom stereocenters. The summed E-state index contributed by atoms with van der Waals surface area (Å²) in [5, 5.41) is 3.89. The molecule has 35 heavy (non-hydrogen) atoms. The summed E-state index contributed by atoms with van der Waals surface area (Å²) >= 11 is 0. The lowest BCUT2D eigenvalue weighted by atomic mass is 10.1. The van der Waals surface area contributed by atoms with Gasteiger partial charge in [0.2, 0.25) is 0 Å². The third-order valence-electron chi connectivity index (χ3n) is 6.01. The van der Waals surface area contributed by atoms with E-state index in [4.69, 9.17) is 0 Å². The Balaban J connectivity index is 1.28. The van der Waals surface area contributed by atoms with Gasteiger partial charge in [-0.15, -0.1) is 0 Å². The van der Waals surface area contributed by atoms with E-state index < -0.39 is 0 Å². The monoisotopic (exact) mass is 460 g/mol. The van der Waals surface area contributed by atoms with Crippen LogP contribution in [-0.4, -0.2) is 30.2 Å². The Bertz CT molecular complexity index is 1730. The van der Waals surface area contributed by atoms with E-state index in [0.29, 0.717) is 23.2 Å². The highest BCUT2D eigenvalue weighted by molar-refractivity contribution is 6.04. The summed E-state index contributed by atoms with van der Waals surface area (Å²) in [6.45, 7) is 0. The molecule has 0 spiro atoms. The number of nitrogens with one attached hydrogen (secondary N) is 3. The van der Waals surface area contributed by atoms with Gasteiger partial charge in [-0.3, -0.25) is 14.6 Å². The van der Waals surface area contributed by atoms with Crippen molar-refractivity contribution in [2.75, 3.05) is 5.32 Å². The van der Waals surface area contributed by atoms with Crippen molar-refractivity contribution in [3.63, 3.8) is 0 Å². The van der Waals surface area contributed by atoms with Gasteiger partial charge in [0.15, 0.2) is 0 Å². The van der Waals surface area contributed by atoms with Crippen molar-refractivity contribution < 1.29 is 4.79 Å². The number of fused-ring (bicyclic) bond motifs is 2. The van der Waals surface area contributed by atoms with E-state index in [0.717, 1.165) is 33.4 Å². The zero-order valence-corrected chi connectivity index (χ0v) is 18.5. The first-order chi connectivity index (χ1) is 17.2. The topological polar surface area (TPSA) is 108 Å². The molecule has 0 fully saturated rings. The van der Waals surface area contributed by atoms with Gasteiger partial charge in [0.05, 0.1) is 5.56 Å². The fraction of sp³-hybridized carbons (Fsp3) is 0.0370. The van der Waals surface area contributed by atoms with Gasteiger partial charge in [0, 0.05) is 71.5 Å². The van der Waals surface area contributed by atoms with Gasteiger partial charge in [0.1, 0.15) is 11.2 Å². The Morgan fingerprint density at radius 1 is 1.00 bits per heavy atom. The number of aromatic amines is 2. The van der Waals surface area contributed by atoms with Gasteiger partial charge >= 0.3 is 0 Å². The van der Waals surface area contributed by atoms with Crippen LogP contribution in [0, 0.1) is 0 Å². The second-order valence-corrected chi connectivity index (χ2v) is 8.26. The lowest BCUT2D eigenvalue weighted by Gasteiger charge is -2.08. The van der Waals surface area contributed by atoms with Gasteiger partial charge in [-0.05, 0) is 48.0 Å². The lowest BCUT2D eigenvalue weighted by molar-refractivity contribution is 0.102. The molecule has 6 rings (SSSR count). The van der Waals surface area contributed by atoms with E-state index >= 15 is 0 Å². The van der Waals surface area contributed by atoms with Crippen molar-refractivity contribution in [3.05, 3.63) is 119 Å². The quantitative estimate of drug-likeness (QED) is 0.354. The van der Waals surface area contributed by atoms with Crippen molar-refractivity contribution in [2.24, 2.45) is 0 Å². The summed E-state index contributed by atoms with van der Waals surface area (Å²) in [5.74, 6) is -0.208. The maximum atomic E-state index is 12.6. The number of carbonyl (C=O) groups is 1. The molecule has 0 saturated heterocycles. The highest BCUT2D eigenvalue weighted by Gasteiger charge is 2.13. The first-order valence-electron chi connectivity index (χ1n) is 11.1. The minimum absolute atomic E-state index is 0.147. The maximum Gasteiger partial charge on any atom is 0.272 e. The molecular weight excluding hydrogens is 440 g/mol. The number of carbonyl (C=O) groups excluding carboxylic acids is 1. The summed E-state index contributed by atoms with van der Waals surface area (Å²) < 4.78 is 1.93. The molecule has 0 bridgehead atoms. The highest BCUT2D eigenvalue weighted by atomic mass is 16.1. The van der Waals surface area contributed by atoms with Gasteiger partial charge in [-0.1, -0.05) is 12.1 Å². The summed E-state index contributed by atoms with van der Waals surface area (Å²) in [6, 6.07) is 16.9. The molecule has 0 aliphatic carbocycles. The third kappa shape index (κ3) is 3.87. The molecule has 0 aliphatic rings. The predicted octanol–water partition coefficient (Wildman–Crippen LogP) is 4.41. The average Bonchev–Trinajstić information content (AvgIpc) is 3.53. The number of nitrogens with zero attached hydrogens (tertiary/aromatic N) is 3. The minimum Gasteiger partial charge on any atom is -0.346 e. The zero-order valence-electron chi connectivity index (χ0n) is 18.5. The number of amides is 1. The van der Waals surface area contributed by atoms with E-state index in [1.54, 1.807) is 30.7 Å². The van der Waals surface area contributed by atoms with E-state index in [1.165, 1.54) is 6.20 Å². The Kier molecular flexibility index (Phi) is 4.96. The first kappa shape index (κ1) is 20.6. The fourth-order valence-electron chi connectivity index (χ4n) is 4.26. The van der Waals surface area contributed by atoms with Crippen molar-refractivity contribution in [3.8, 4) is 11.1 Å². The van der Waals surface area contributed by atoms with Gasteiger partial charge in [0.25, 0.3) is 11.5 Å². The van der Waals surface area contributed by atoms with Crippen LogP contribution in [0.1, 0.15) is 21.6 Å². The van der Waals surface area contributed by atoms with Crippen LogP contribution in [0.3, 0.4) is 0 Å². The Morgan fingerprint density at radius 2 is 1.86 bits per heavy atom. The number of benzene rings is 1. The van der Waals surface area contributed by atoms with E-state index in [1.807, 2.05) is 59.3 Å². The largest absolute Gasteiger partial charge is 0.346 e. The van der Waals surface area contributed by atoms with Crippen LogP contribution in [-0.2, 0) is 6.42 Å². The van der Waals surface area contributed by atoms with Crippen LogP contribution in [0.2, 0.25) is 0 Å². The van der Waals surface area contributed by atoms with Crippen LogP contribution in [0.15, 0.2) is 96.6 Å². The molecule has 5 heterocycles. The Hall–Kier alpha value is -4.98. The van der Waals surface area contributed by atoms with Crippen LogP contribution in [0.25, 0.3) is 27.7 Å². The molecule has 3 N–H and O–H groups in total. The number of anilines is 1. The smallest absolute Gasteiger partial charge is 0.272 e. The molecule has 0 atom stereocenters. The molecule has 1 aromatic carbocycles. The lowest BCUT2D eigenvalue weighted by Crippen LogP contribution is -2.12. The Labute approximate surface area is 199 Å². The van der Waals surface area contributed by atoms with E-state index in [2.05, 4.69) is 25.3 Å². The molecule has 1 amide bonds.